The average molecular weight is 262 g/mol. The van der Waals surface area contributed by atoms with Gasteiger partial charge in [-0.05, 0) is 42.5 Å². The number of aliphatic carboxylic acids is 1. The first kappa shape index (κ1) is 15.3. The molecule has 1 N–H and O–H groups in total. The number of carbonyl (C=O) groups is 1. The number of carboxylic acids is 1. The lowest BCUT2D eigenvalue weighted by molar-refractivity contribution is -0.132. The highest BCUT2D eigenvalue weighted by Gasteiger charge is 2.04. The molecule has 0 saturated carbocycles. The molecule has 3 nitrogen and oxygen atoms in total. The van der Waals surface area contributed by atoms with Crippen LogP contribution in [0.25, 0.3) is 0 Å². The van der Waals surface area contributed by atoms with E-state index in [4.69, 9.17) is 9.84 Å². The maximum absolute atomic E-state index is 10.8. The van der Waals surface area contributed by atoms with Crippen molar-refractivity contribution in [2.24, 2.45) is 0 Å². The molecular formula is C16H22O3. The number of hydrogen-bond donors (Lipinski definition) is 1. The van der Waals surface area contributed by atoms with E-state index in [1.54, 1.807) is 6.08 Å². The highest BCUT2D eigenvalue weighted by molar-refractivity contribution is 5.86. The van der Waals surface area contributed by atoms with Crippen LogP contribution in [0.5, 0.6) is 5.75 Å². The Bertz CT molecular complexity index is 432. The van der Waals surface area contributed by atoms with E-state index in [1.807, 2.05) is 19.1 Å². The third kappa shape index (κ3) is 4.78. The molecule has 1 unspecified atom stereocenters. The molecule has 0 spiro atoms. The van der Waals surface area contributed by atoms with Crippen molar-refractivity contribution in [2.45, 2.75) is 39.5 Å². The molecule has 0 aliphatic rings. The largest absolute Gasteiger partial charge is 0.490 e. The monoisotopic (exact) mass is 262 g/mol. The Labute approximate surface area is 114 Å². The predicted octanol–water partition coefficient (Wildman–Crippen LogP) is 4.00. The Hall–Kier alpha value is -1.77. The van der Waals surface area contributed by atoms with Crippen LogP contribution < -0.4 is 4.74 Å². The number of ether oxygens (including phenoxy) is 1. The van der Waals surface area contributed by atoms with Gasteiger partial charge in [0.15, 0.2) is 0 Å². The van der Waals surface area contributed by atoms with E-state index in [0.29, 0.717) is 17.9 Å². The molecular weight excluding hydrogens is 240 g/mol. The molecule has 0 radical (unpaired) electrons. The van der Waals surface area contributed by atoms with Crippen molar-refractivity contribution in [3.63, 3.8) is 0 Å². The Balaban J connectivity index is 2.57. The molecule has 0 fully saturated rings. The van der Waals surface area contributed by atoms with E-state index in [-0.39, 0.29) is 6.61 Å². The summed E-state index contributed by atoms with van der Waals surface area (Å²) in [4.78, 5) is 10.8. The first-order chi connectivity index (χ1) is 9.08. The van der Waals surface area contributed by atoms with Crippen molar-refractivity contribution in [2.75, 3.05) is 6.61 Å². The number of rotatable bonds is 7. The summed E-state index contributed by atoms with van der Waals surface area (Å²) < 4.78 is 5.52. The average Bonchev–Trinajstić information content (AvgIpc) is 2.43. The van der Waals surface area contributed by atoms with E-state index in [9.17, 15) is 4.79 Å². The summed E-state index contributed by atoms with van der Waals surface area (Å²) in [6, 6.07) is 7.99. The standard InChI is InChI=1S/C16H22O3/c1-4-12(3)14-6-8-15(9-7-14)19-11-10-13(5-2)16(17)18/h6-10,12H,4-5,11H2,1-3H3,(H,17,18)/b13-10-. The zero-order chi connectivity index (χ0) is 14.3. The lowest BCUT2D eigenvalue weighted by atomic mass is 9.99. The van der Waals surface area contributed by atoms with Gasteiger partial charge < -0.3 is 9.84 Å². The van der Waals surface area contributed by atoms with Crippen molar-refractivity contribution in [3.8, 4) is 5.75 Å². The highest BCUT2D eigenvalue weighted by atomic mass is 16.5. The molecule has 1 rings (SSSR count). The second kappa shape index (κ2) is 7.62. The fraction of sp³-hybridized carbons (Fsp3) is 0.438. The Morgan fingerprint density at radius 1 is 1.32 bits per heavy atom. The maximum atomic E-state index is 10.8. The van der Waals surface area contributed by atoms with Crippen LogP contribution in [0.4, 0.5) is 0 Å². The van der Waals surface area contributed by atoms with Crippen molar-refractivity contribution in [3.05, 3.63) is 41.5 Å². The van der Waals surface area contributed by atoms with Gasteiger partial charge >= 0.3 is 5.97 Å². The van der Waals surface area contributed by atoms with Crippen LogP contribution in [0, 0.1) is 0 Å². The zero-order valence-corrected chi connectivity index (χ0v) is 11.8. The van der Waals surface area contributed by atoms with Crippen LogP contribution in [-0.2, 0) is 4.79 Å². The van der Waals surface area contributed by atoms with E-state index >= 15 is 0 Å². The van der Waals surface area contributed by atoms with Gasteiger partial charge in [0, 0.05) is 5.57 Å². The van der Waals surface area contributed by atoms with Gasteiger partial charge in [0.05, 0.1) is 0 Å². The molecule has 0 bridgehead atoms. The van der Waals surface area contributed by atoms with Gasteiger partial charge in [-0.3, -0.25) is 0 Å². The Kier molecular flexibility index (Phi) is 6.13. The molecule has 0 heterocycles. The van der Waals surface area contributed by atoms with Crippen LogP contribution in [-0.4, -0.2) is 17.7 Å². The predicted molar refractivity (Wildman–Crippen MR) is 76.7 cm³/mol. The van der Waals surface area contributed by atoms with Gasteiger partial charge in [0.25, 0.3) is 0 Å². The van der Waals surface area contributed by atoms with Gasteiger partial charge in [-0.2, -0.15) is 0 Å². The van der Waals surface area contributed by atoms with Crippen LogP contribution >= 0.6 is 0 Å². The van der Waals surface area contributed by atoms with Gasteiger partial charge in [0.2, 0.25) is 0 Å². The summed E-state index contributed by atoms with van der Waals surface area (Å²) in [6.07, 6.45) is 3.23. The van der Waals surface area contributed by atoms with Crippen molar-refractivity contribution >= 4 is 5.97 Å². The van der Waals surface area contributed by atoms with Crippen molar-refractivity contribution in [1.29, 1.82) is 0 Å². The number of carboxylic acid groups (broad SMARTS) is 1. The fourth-order valence-electron chi connectivity index (χ4n) is 1.75. The van der Waals surface area contributed by atoms with Gasteiger partial charge in [0.1, 0.15) is 12.4 Å². The maximum Gasteiger partial charge on any atom is 0.331 e. The molecule has 19 heavy (non-hydrogen) atoms. The minimum atomic E-state index is -0.877. The molecule has 0 aromatic heterocycles. The van der Waals surface area contributed by atoms with Crippen molar-refractivity contribution < 1.29 is 14.6 Å². The molecule has 0 aliphatic heterocycles. The number of hydrogen-bond acceptors (Lipinski definition) is 2. The summed E-state index contributed by atoms with van der Waals surface area (Å²) in [5.74, 6) is 0.440. The summed E-state index contributed by atoms with van der Waals surface area (Å²) in [5.41, 5.74) is 1.68. The molecule has 0 aliphatic carbocycles. The van der Waals surface area contributed by atoms with Gasteiger partial charge in [-0.25, -0.2) is 4.79 Å². The SMILES string of the molecule is CC/C(=C/COc1ccc(C(C)CC)cc1)C(=O)O. The third-order valence-corrected chi connectivity index (χ3v) is 3.30. The van der Waals surface area contributed by atoms with Gasteiger partial charge in [-0.1, -0.05) is 32.9 Å². The first-order valence-electron chi connectivity index (χ1n) is 6.73. The van der Waals surface area contributed by atoms with Crippen LogP contribution in [0.2, 0.25) is 0 Å². The van der Waals surface area contributed by atoms with E-state index in [0.717, 1.165) is 12.2 Å². The second-order valence-electron chi connectivity index (χ2n) is 4.58. The van der Waals surface area contributed by atoms with Crippen LogP contribution in [0.3, 0.4) is 0 Å². The minimum absolute atomic E-state index is 0.290. The lowest BCUT2D eigenvalue weighted by Crippen LogP contribution is -2.03. The Morgan fingerprint density at radius 3 is 2.42 bits per heavy atom. The summed E-state index contributed by atoms with van der Waals surface area (Å²) in [6.45, 7) is 6.47. The molecule has 1 atom stereocenters. The topological polar surface area (TPSA) is 46.5 Å². The van der Waals surface area contributed by atoms with Crippen molar-refractivity contribution in [1.82, 2.24) is 0 Å². The fourth-order valence-corrected chi connectivity index (χ4v) is 1.75. The lowest BCUT2D eigenvalue weighted by Gasteiger charge is -2.10. The molecule has 1 aromatic carbocycles. The van der Waals surface area contributed by atoms with Gasteiger partial charge in [-0.15, -0.1) is 0 Å². The van der Waals surface area contributed by atoms with Crippen LogP contribution in [0.15, 0.2) is 35.9 Å². The van der Waals surface area contributed by atoms with E-state index < -0.39 is 5.97 Å². The quantitative estimate of drug-likeness (QED) is 0.755. The Morgan fingerprint density at radius 2 is 1.95 bits per heavy atom. The smallest absolute Gasteiger partial charge is 0.331 e. The van der Waals surface area contributed by atoms with E-state index in [1.165, 1.54) is 5.56 Å². The summed E-state index contributed by atoms with van der Waals surface area (Å²) in [7, 11) is 0. The third-order valence-electron chi connectivity index (χ3n) is 3.30. The normalized spacial score (nSPS) is 13.1. The molecule has 1 aromatic rings. The summed E-state index contributed by atoms with van der Waals surface area (Å²) in [5, 5.41) is 8.87. The van der Waals surface area contributed by atoms with Crippen LogP contribution in [0.1, 0.15) is 45.1 Å². The second-order valence-corrected chi connectivity index (χ2v) is 4.58. The highest BCUT2D eigenvalue weighted by Crippen LogP contribution is 2.21. The number of benzene rings is 1. The molecule has 0 saturated heterocycles. The summed E-state index contributed by atoms with van der Waals surface area (Å²) >= 11 is 0. The molecule has 104 valence electrons. The minimum Gasteiger partial charge on any atom is -0.490 e. The molecule has 0 amide bonds. The first-order valence-corrected chi connectivity index (χ1v) is 6.73. The zero-order valence-electron chi connectivity index (χ0n) is 11.8. The molecule has 3 heteroatoms. The van der Waals surface area contributed by atoms with E-state index in [2.05, 4.69) is 26.0 Å².